The Kier molecular flexibility index (Phi) is 6.09. The zero-order chi connectivity index (χ0) is 24.7. The molecule has 1 aromatic heterocycles. The summed E-state index contributed by atoms with van der Waals surface area (Å²) in [6.45, 7) is 9.71. The molecule has 0 bridgehead atoms. The highest BCUT2D eigenvalue weighted by Gasteiger charge is 2.48. The average Bonchev–Trinajstić information content (AvgIpc) is 3.32. The average molecular weight is 460 g/mol. The van der Waals surface area contributed by atoms with Gasteiger partial charge >= 0.3 is 0 Å². The Labute approximate surface area is 199 Å². The monoisotopic (exact) mass is 459 g/mol. The third kappa shape index (κ3) is 4.00. The SMILES string of the molecule is COc1ccc(/C(O)=C2/C(=O)C(=O)N(c3cc(C)cc(C)c3)C2c2ccc(C)o2)cc1C(C)C. The smallest absolute Gasteiger partial charge is 0.300 e. The Morgan fingerprint density at radius 1 is 1.00 bits per heavy atom. The molecule has 0 spiro atoms. The van der Waals surface area contributed by atoms with Crippen LogP contribution in [0.1, 0.15) is 59.6 Å². The molecule has 4 rings (SSSR count). The molecular formula is C28H29NO5. The zero-order valence-corrected chi connectivity index (χ0v) is 20.3. The molecule has 34 heavy (non-hydrogen) atoms. The summed E-state index contributed by atoms with van der Waals surface area (Å²) < 4.78 is 11.3. The van der Waals surface area contributed by atoms with E-state index in [1.54, 1.807) is 44.4 Å². The summed E-state index contributed by atoms with van der Waals surface area (Å²) in [5.41, 5.74) is 3.83. The first kappa shape index (κ1) is 23.4. The van der Waals surface area contributed by atoms with Gasteiger partial charge in [0.1, 0.15) is 29.1 Å². The van der Waals surface area contributed by atoms with Crippen molar-refractivity contribution in [1.29, 1.82) is 0 Å². The van der Waals surface area contributed by atoms with E-state index in [1.807, 2.05) is 45.9 Å². The number of hydrogen-bond acceptors (Lipinski definition) is 5. The van der Waals surface area contributed by atoms with Gasteiger partial charge in [0.25, 0.3) is 11.7 Å². The Morgan fingerprint density at radius 2 is 1.68 bits per heavy atom. The zero-order valence-electron chi connectivity index (χ0n) is 20.3. The van der Waals surface area contributed by atoms with Crippen molar-refractivity contribution in [3.05, 3.63) is 87.9 Å². The molecule has 0 aliphatic carbocycles. The molecule has 2 aromatic carbocycles. The number of anilines is 1. The number of aliphatic hydroxyl groups excluding tert-OH is 1. The summed E-state index contributed by atoms with van der Waals surface area (Å²) in [5, 5.41) is 11.4. The maximum Gasteiger partial charge on any atom is 0.300 e. The highest BCUT2D eigenvalue weighted by Crippen LogP contribution is 2.43. The highest BCUT2D eigenvalue weighted by molar-refractivity contribution is 6.51. The van der Waals surface area contributed by atoms with Crippen molar-refractivity contribution in [1.82, 2.24) is 0 Å². The summed E-state index contributed by atoms with van der Waals surface area (Å²) in [6, 6.07) is 13.6. The lowest BCUT2D eigenvalue weighted by Crippen LogP contribution is -2.29. The van der Waals surface area contributed by atoms with E-state index in [0.29, 0.717) is 28.5 Å². The lowest BCUT2D eigenvalue weighted by Gasteiger charge is -2.24. The predicted octanol–water partition coefficient (Wildman–Crippen LogP) is 5.96. The summed E-state index contributed by atoms with van der Waals surface area (Å²) in [4.78, 5) is 28.1. The van der Waals surface area contributed by atoms with Gasteiger partial charge in [-0.15, -0.1) is 0 Å². The van der Waals surface area contributed by atoms with Gasteiger partial charge in [-0.25, -0.2) is 0 Å². The molecule has 6 heteroatoms. The van der Waals surface area contributed by atoms with Gasteiger partial charge in [-0.1, -0.05) is 19.9 Å². The predicted molar refractivity (Wildman–Crippen MR) is 131 cm³/mol. The number of rotatable bonds is 5. The number of furan rings is 1. The fourth-order valence-corrected chi connectivity index (χ4v) is 4.55. The van der Waals surface area contributed by atoms with Gasteiger partial charge in [-0.3, -0.25) is 14.5 Å². The Bertz CT molecular complexity index is 1290. The van der Waals surface area contributed by atoms with Crippen molar-refractivity contribution in [3.8, 4) is 5.75 Å². The fraction of sp³-hybridized carbons (Fsp3) is 0.286. The largest absolute Gasteiger partial charge is 0.507 e. The van der Waals surface area contributed by atoms with E-state index in [0.717, 1.165) is 16.7 Å². The number of carbonyl (C=O) groups is 2. The number of methoxy groups -OCH3 is 1. The van der Waals surface area contributed by atoms with Gasteiger partial charge in [0.2, 0.25) is 0 Å². The Hall–Kier alpha value is -3.80. The summed E-state index contributed by atoms with van der Waals surface area (Å²) in [7, 11) is 1.59. The van der Waals surface area contributed by atoms with Gasteiger partial charge in [0.05, 0.1) is 12.7 Å². The molecule has 2 heterocycles. The van der Waals surface area contributed by atoms with Gasteiger partial charge in [0.15, 0.2) is 0 Å². The number of carbonyl (C=O) groups excluding carboxylic acids is 2. The van der Waals surface area contributed by atoms with Gasteiger partial charge in [-0.05, 0) is 85.8 Å². The second-order valence-corrected chi connectivity index (χ2v) is 9.07. The first-order chi connectivity index (χ1) is 16.1. The van der Waals surface area contributed by atoms with Crippen LogP contribution in [0.15, 0.2) is 58.5 Å². The molecule has 6 nitrogen and oxygen atoms in total. The number of nitrogens with zero attached hydrogens (tertiary/aromatic N) is 1. The van der Waals surface area contributed by atoms with E-state index >= 15 is 0 Å². The molecule has 1 amide bonds. The van der Waals surface area contributed by atoms with E-state index in [9.17, 15) is 14.7 Å². The van der Waals surface area contributed by atoms with Crippen LogP contribution in [-0.2, 0) is 9.59 Å². The molecule has 0 saturated carbocycles. The van der Waals surface area contributed by atoms with E-state index in [2.05, 4.69) is 0 Å². The van der Waals surface area contributed by atoms with Gasteiger partial charge in [-0.2, -0.15) is 0 Å². The normalized spacial score (nSPS) is 17.6. The second kappa shape index (κ2) is 8.86. The van der Waals surface area contributed by atoms with Crippen molar-refractivity contribution in [2.24, 2.45) is 0 Å². The Balaban J connectivity index is 1.95. The number of aliphatic hydroxyl groups is 1. The molecule has 1 saturated heterocycles. The van der Waals surface area contributed by atoms with Gasteiger partial charge < -0.3 is 14.3 Å². The topological polar surface area (TPSA) is 80.0 Å². The van der Waals surface area contributed by atoms with Crippen LogP contribution >= 0.6 is 0 Å². The maximum absolute atomic E-state index is 13.3. The van der Waals surface area contributed by atoms with Crippen LogP contribution < -0.4 is 9.64 Å². The number of ketones is 1. The van der Waals surface area contributed by atoms with Crippen LogP contribution in [0, 0.1) is 20.8 Å². The van der Waals surface area contributed by atoms with Gasteiger partial charge in [0, 0.05) is 11.3 Å². The minimum absolute atomic E-state index is 0.00150. The lowest BCUT2D eigenvalue weighted by molar-refractivity contribution is -0.132. The minimum atomic E-state index is -0.889. The van der Waals surface area contributed by atoms with Crippen LogP contribution in [0.3, 0.4) is 0 Å². The Morgan fingerprint density at radius 3 is 2.24 bits per heavy atom. The second-order valence-electron chi connectivity index (χ2n) is 9.07. The molecule has 176 valence electrons. The van der Waals surface area contributed by atoms with Crippen LogP contribution in [0.25, 0.3) is 5.76 Å². The molecule has 0 radical (unpaired) electrons. The van der Waals surface area contributed by atoms with Crippen LogP contribution in [-0.4, -0.2) is 23.9 Å². The lowest BCUT2D eigenvalue weighted by atomic mass is 9.95. The number of ether oxygens (including phenoxy) is 1. The van der Waals surface area contributed by atoms with E-state index in [4.69, 9.17) is 9.15 Å². The summed E-state index contributed by atoms with van der Waals surface area (Å²) in [5.74, 6) is 0.182. The third-order valence-corrected chi connectivity index (χ3v) is 6.08. The van der Waals surface area contributed by atoms with Crippen molar-refractivity contribution >= 4 is 23.1 Å². The number of Topliss-reactive ketones (excluding diaryl/α,β-unsaturated/α-hetero) is 1. The quantitative estimate of drug-likeness (QED) is 0.289. The molecule has 1 atom stereocenters. The number of hydrogen-bond donors (Lipinski definition) is 1. The first-order valence-corrected chi connectivity index (χ1v) is 11.3. The van der Waals surface area contributed by atoms with E-state index in [-0.39, 0.29) is 17.3 Å². The fourth-order valence-electron chi connectivity index (χ4n) is 4.55. The van der Waals surface area contributed by atoms with E-state index < -0.39 is 17.7 Å². The third-order valence-electron chi connectivity index (χ3n) is 6.08. The minimum Gasteiger partial charge on any atom is -0.507 e. The van der Waals surface area contributed by atoms with Crippen molar-refractivity contribution in [2.45, 2.75) is 46.6 Å². The standard InChI is InChI=1S/C28H29NO5/c1-15(2)21-14-19(8-10-22(21)33-6)26(30)24-25(23-9-7-18(5)34-23)29(28(32)27(24)31)20-12-16(3)11-17(4)13-20/h7-15,25,30H,1-6H3/b26-24-. The van der Waals surface area contributed by atoms with Crippen LogP contribution in [0.4, 0.5) is 5.69 Å². The maximum atomic E-state index is 13.3. The number of benzene rings is 2. The van der Waals surface area contributed by atoms with Crippen molar-refractivity contribution < 1.29 is 23.8 Å². The first-order valence-electron chi connectivity index (χ1n) is 11.3. The molecule has 3 aromatic rings. The van der Waals surface area contributed by atoms with Crippen molar-refractivity contribution in [2.75, 3.05) is 12.0 Å². The molecule has 1 fully saturated rings. The number of aryl methyl sites for hydroxylation is 3. The molecular weight excluding hydrogens is 430 g/mol. The van der Waals surface area contributed by atoms with E-state index in [1.165, 1.54) is 4.90 Å². The molecule has 1 N–H and O–H groups in total. The van der Waals surface area contributed by atoms with Crippen LogP contribution in [0.2, 0.25) is 0 Å². The van der Waals surface area contributed by atoms with Crippen molar-refractivity contribution in [3.63, 3.8) is 0 Å². The molecule has 1 unspecified atom stereocenters. The summed E-state index contributed by atoms with van der Waals surface area (Å²) >= 11 is 0. The highest BCUT2D eigenvalue weighted by atomic mass is 16.5. The van der Waals surface area contributed by atoms with Crippen LogP contribution in [0.5, 0.6) is 5.75 Å². The molecule has 1 aliphatic heterocycles. The number of amides is 1. The summed E-state index contributed by atoms with van der Waals surface area (Å²) in [6.07, 6.45) is 0. The molecule has 1 aliphatic rings.